The van der Waals surface area contributed by atoms with Crippen molar-refractivity contribution in [1.82, 2.24) is 5.32 Å². The first-order valence-electron chi connectivity index (χ1n) is 5.84. The quantitative estimate of drug-likeness (QED) is 0.765. The number of thioether (sulfide) groups is 1. The molecular formula is C11H19NOS. The zero-order valence-electron chi connectivity index (χ0n) is 8.58. The lowest BCUT2D eigenvalue weighted by atomic mass is 10.1. The molecule has 0 spiro atoms. The zero-order chi connectivity index (χ0) is 9.38. The van der Waals surface area contributed by atoms with Crippen LogP contribution in [0.4, 0.5) is 0 Å². The van der Waals surface area contributed by atoms with Gasteiger partial charge in [-0.1, -0.05) is 0 Å². The van der Waals surface area contributed by atoms with Gasteiger partial charge in [-0.2, -0.15) is 11.8 Å². The predicted molar refractivity (Wildman–Crippen MR) is 59.6 cm³/mol. The summed E-state index contributed by atoms with van der Waals surface area (Å²) in [6, 6.07) is 0.818. The normalized spacial score (nSPS) is 42.4. The summed E-state index contributed by atoms with van der Waals surface area (Å²) >= 11 is 2.11. The van der Waals surface area contributed by atoms with Crippen molar-refractivity contribution in [3.8, 4) is 0 Å². The van der Waals surface area contributed by atoms with E-state index in [0.717, 1.165) is 37.0 Å². The van der Waals surface area contributed by atoms with Crippen molar-refractivity contribution in [2.24, 2.45) is 17.8 Å². The predicted octanol–water partition coefficient (Wildman–Crippen LogP) is 1.36. The molecule has 14 heavy (non-hydrogen) atoms. The van der Waals surface area contributed by atoms with Crippen LogP contribution < -0.4 is 5.32 Å². The molecule has 0 aromatic heterocycles. The Bertz CT molecular complexity index is 193. The molecule has 0 bridgehead atoms. The van der Waals surface area contributed by atoms with E-state index in [1.54, 1.807) is 0 Å². The molecule has 2 heterocycles. The van der Waals surface area contributed by atoms with Crippen molar-refractivity contribution in [3.63, 3.8) is 0 Å². The molecule has 3 heteroatoms. The van der Waals surface area contributed by atoms with Gasteiger partial charge in [0.25, 0.3) is 0 Å². The highest BCUT2D eigenvalue weighted by atomic mass is 32.2. The summed E-state index contributed by atoms with van der Waals surface area (Å²) in [6.45, 7) is 3.34. The van der Waals surface area contributed by atoms with E-state index in [4.69, 9.17) is 4.74 Å². The lowest BCUT2D eigenvalue weighted by Crippen LogP contribution is -2.34. The highest BCUT2D eigenvalue weighted by Gasteiger charge is 2.53. The molecule has 3 aliphatic rings. The Morgan fingerprint density at radius 3 is 2.57 bits per heavy atom. The van der Waals surface area contributed by atoms with E-state index in [9.17, 15) is 0 Å². The third-order valence-electron chi connectivity index (χ3n) is 3.99. The Labute approximate surface area is 90.2 Å². The zero-order valence-corrected chi connectivity index (χ0v) is 9.39. The van der Waals surface area contributed by atoms with Gasteiger partial charge in [0.05, 0.1) is 13.2 Å². The second-order valence-electron chi connectivity index (χ2n) is 4.82. The molecule has 2 aliphatic heterocycles. The second-order valence-corrected chi connectivity index (χ2v) is 6.05. The third-order valence-corrected chi connectivity index (χ3v) is 5.04. The summed E-state index contributed by atoms with van der Waals surface area (Å²) in [4.78, 5) is 0. The fourth-order valence-electron chi connectivity index (χ4n) is 2.87. The van der Waals surface area contributed by atoms with Gasteiger partial charge in [0.2, 0.25) is 0 Å². The van der Waals surface area contributed by atoms with Crippen molar-refractivity contribution in [2.45, 2.75) is 18.9 Å². The van der Waals surface area contributed by atoms with Crippen LogP contribution in [0.3, 0.4) is 0 Å². The van der Waals surface area contributed by atoms with Crippen LogP contribution in [0.15, 0.2) is 0 Å². The fraction of sp³-hybridized carbons (Fsp3) is 1.00. The van der Waals surface area contributed by atoms with Gasteiger partial charge in [-0.05, 0) is 48.6 Å². The molecule has 2 saturated heterocycles. The van der Waals surface area contributed by atoms with E-state index in [-0.39, 0.29) is 0 Å². The van der Waals surface area contributed by atoms with Crippen LogP contribution in [0.25, 0.3) is 0 Å². The molecule has 3 fully saturated rings. The van der Waals surface area contributed by atoms with Gasteiger partial charge in [-0.3, -0.25) is 0 Å². The molecule has 0 radical (unpaired) electrons. The molecular weight excluding hydrogens is 194 g/mol. The Balaban J connectivity index is 1.38. The molecule has 2 atom stereocenters. The van der Waals surface area contributed by atoms with E-state index in [2.05, 4.69) is 17.1 Å². The summed E-state index contributed by atoms with van der Waals surface area (Å²) < 4.78 is 5.40. The van der Waals surface area contributed by atoms with Crippen LogP contribution in [0, 0.1) is 17.8 Å². The summed E-state index contributed by atoms with van der Waals surface area (Å²) in [5, 5.41) is 3.74. The van der Waals surface area contributed by atoms with Crippen LogP contribution in [-0.2, 0) is 4.74 Å². The first kappa shape index (κ1) is 9.49. The average molecular weight is 213 g/mol. The summed E-state index contributed by atoms with van der Waals surface area (Å²) in [5.74, 6) is 5.51. The number of rotatable bonds is 3. The molecule has 80 valence electrons. The number of ether oxygens (including phenoxy) is 1. The van der Waals surface area contributed by atoms with Gasteiger partial charge < -0.3 is 10.1 Å². The largest absolute Gasteiger partial charge is 0.381 e. The Kier molecular flexibility index (Phi) is 2.73. The topological polar surface area (TPSA) is 21.3 Å². The van der Waals surface area contributed by atoms with Gasteiger partial charge in [0.1, 0.15) is 0 Å². The summed E-state index contributed by atoms with van der Waals surface area (Å²) in [7, 11) is 0. The standard InChI is InChI=1S/C11H19NOS/c1-3-14-4-2-8(1)12-5-9-10-6-13-7-11(9)10/h8-12H,1-7H2. The van der Waals surface area contributed by atoms with Crippen LogP contribution >= 0.6 is 11.8 Å². The Hall–Kier alpha value is 0.270. The minimum Gasteiger partial charge on any atom is -0.381 e. The lowest BCUT2D eigenvalue weighted by molar-refractivity contribution is 0.150. The van der Waals surface area contributed by atoms with Gasteiger partial charge in [0.15, 0.2) is 0 Å². The maximum atomic E-state index is 5.40. The maximum Gasteiger partial charge on any atom is 0.0501 e. The summed E-state index contributed by atoms with van der Waals surface area (Å²) in [5.41, 5.74) is 0. The van der Waals surface area contributed by atoms with E-state index < -0.39 is 0 Å². The molecule has 2 unspecified atom stereocenters. The highest BCUT2D eigenvalue weighted by molar-refractivity contribution is 7.99. The molecule has 1 N–H and O–H groups in total. The minimum atomic E-state index is 0.818. The molecule has 0 amide bonds. The Morgan fingerprint density at radius 2 is 1.86 bits per heavy atom. The highest BCUT2D eigenvalue weighted by Crippen LogP contribution is 2.50. The van der Waals surface area contributed by atoms with E-state index in [1.807, 2.05) is 0 Å². The summed E-state index contributed by atoms with van der Waals surface area (Å²) in [6.07, 6.45) is 2.76. The monoisotopic (exact) mass is 213 g/mol. The van der Waals surface area contributed by atoms with Crippen molar-refractivity contribution >= 4 is 11.8 Å². The molecule has 1 saturated carbocycles. The van der Waals surface area contributed by atoms with Crippen LogP contribution in [-0.4, -0.2) is 37.3 Å². The fourth-order valence-corrected chi connectivity index (χ4v) is 3.97. The van der Waals surface area contributed by atoms with Gasteiger partial charge in [-0.25, -0.2) is 0 Å². The number of fused-ring (bicyclic) bond motifs is 1. The van der Waals surface area contributed by atoms with E-state index in [1.165, 1.54) is 30.9 Å². The lowest BCUT2D eigenvalue weighted by Gasteiger charge is -2.22. The molecule has 0 aromatic rings. The van der Waals surface area contributed by atoms with Crippen molar-refractivity contribution in [2.75, 3.05) is 31.3 Å². The maximum absolute atomic E-state index is 5.40. The van der Waals surface area contributed by atoms with Gasteiger partial charge >= 0.3 is 0 Å². The van der Waals surface area contributed by atoms with Crippen molar-refractivity contribution in [1.29, 1.82) is 0 Å². The molecule has 3 rings (SSSR count). The molecule has 2 nitrogen and oxygen atoms in total. The van der Waals surface area contributed by atoms with Crippen LogP contribution in [0.5, 0.6) is 0 Å². The first-order chi connectivity index (χ1) is 6.95. The Morgan fingerprint density at radius 1 is 1.14 bits per heavy atom. The number of hydrogen-bond acceptors (Lipinski definition) is 3. The average Bonchev–Trinajstić information content (AvgIpc) is 2.69. The minimum absolute atomic E-state index is 0.818. The van der Waals surface area contributed by atoms with Crippen molar-refractivity contribution < 1.29 is 4.74 Å². The van der Waals surface area contributed by atoms with Crippen LogP contribution in [0.1, 0.15) is 12.8 Å². The SMILES string of the molecule is C1CC(NCC2C3COCC23)CCS1. The van der Waals surface area contributed by atoms with Crippen LogP contribution in [0.2, 0.25) is 0 Å². The third kappa shape index (κ3) is 1.82. The van der Waals surface area contributed by atoms with Crippen molar-refractivity contribution in [3.05, 3.63) is 0 Å². The number of hydrogen-bond donors (Lipinski definition) is 1. The van der Waals surface area contributed by atoms with Gasteiger partial charge in [-0.15, -0.1) is 0 Å². The first-order valence-corrected chi connectivity index (χ1v) is 6.99. The van der Waals surface area contributed by atoms with E-state index >= 15 is 0 Å². The molecule has 1 aliphatic carbocycles. The number of nitrogens with one attached hydrogen (secondary N) is 1. The molecule has 0 aromatic carbocycles. The van der Waals surface area contributed by atoms with E-state index in [0.29, 0.717) is 0 Å². The second kappa shape index (κ2) is 4.03. The van der Waals surface area contributed by atoms with Gasteiger partial charge in [0, 0.05) is 6.04 Å². The smallest absolute Gasteiger partial charge is 0.0501 e.